The van der Waals surface area contributed by atoms with Crippen LogP contribution in [0.5, 0.6) is 0 Å². The molecule has 0 saturated carbocycles. The lowest BCUT2D eigenvalue weighted by Crippen LogP contribution is -2.17. The molecule has 0 aliphatic carbocycles. The summed E-state index contributed by atoms with van der Waals surface area (Å²) < 4.78 is 0. The van der Waals surface area contributed by atoms with Crippen molar-refractivity contribution >= 4 is 5.97 Å². The number of hydrogen-bond acceptors (Lipinski definition) is 2. The van der Waals surface area contributed by atoms with E-state index in [1.165, 1.54) is 38.5 Å². The molecule has 0 heterocycles. The van der Waals surface area contributed by atoms with Gasteiger partial charge in [0.15, 0.2) is 0 Å². The number of carboxylic acid groups (broad SMARTS) is 1. The summed E-state index contributed by atoms with van der Waals surface area (Å²) in [5.41, 5.74) is 0. The van der Waals surface area contributed by atoms with Gasteiger partial charge in [-0.1, -0.05) is 59.0 Å². The Kier molecular flexibility index (Phi) is 15.6. The molecule has 2 heteroatoms. The van der Waals surface area contributed by atoms with Crippen LogP contribution < -0.4 is 5.11 Å². The van der Waals surface area contributed by atoms with Crippen molar-refractivity contribution in [2.75, 3.05) is 0 Å². The first-order valence-electron chi connectivity index (χ1n) is 5.02. The van der Waals surface area contributed by atoms with Crippen molar-refractivity contribution in [3.8, 4) is 0 Å². The summed E-state index contributed by atoms with van der Waals surface area (Å²) in [4.78, 5) is 9.14. The van der Waals surface area contributed by atoms with E-state index in [0.29, 0.717) is 0 Å². The molecule has 0 radical (unpaired) electrons. The number of rotatable bonds is 6. The Morgan fingerprint density at radius 3 is 1.62 bits per heavy atom. The minimum atomic E-state index is -1.23. The van der Waals surface area contributed by atoms with Crippen molar-refractivity contribution < 1.29 is 9.90 Å². The fraction of sp³-hybridized carbons (Fsp3) is 0.727. The van der Waals surface area contributed by atoms with Gasteiger partial charge in [-0.05, 0) is 6.08 Å². The highest BCUT2D eigenvalue weighted by Crippen LogP contribution is 2.03. The zero-order chi connectivity index (χ0) is 10.5. The van der Waals surface area contributed by atoms with E-state index in [-0.39, 0.29) is 0 Å². The molecule has 0 aliphatic rings. The van der Waals surface area contributed by atoms with E-state index < -0.39 is 5.97 Å². The molecule has 0 fully saturated rings. The molecule has 0 amide bonds. The van der Waals surface area contributed by atoms with Gasteiger partial charge in [-0.25, -0.2) is 0 Å². The first-order chi connectivity index (χ1) is 6.18. The van der Waals surface area contributed by atoms with E-state index in [2.05, 4.69) is 20.4 Å². The summed E-state index contributed by atoms with van der Waals surface area (Å²) in [7, 11) is 0. The molecule has 0 spiro atoms. The van der Waals surface area contributed by atoms with Gasteiger partial charge in [-0.15, -0.1) is 0 Å². The van der Waals surface area contributed by atoms with Gasteiger partial charge in [-0.3, -0.25) is 0 Å². The van der Waals surface area contributed by atoms with Gasteiger partial charge in [0.05, 0.1) is 5.97 Å². The van der Waals surface area contributed by atoms with Gasteiger partial charge >= 0.3 is 0 Å². The first-order valence-corrected chi connectivity index (χ1v) is 5.02. The number of aliphatic carboxylic acids is 1. The van der Waals surface area contributed by atoms with Gasteiger partial charge in [0.1, 0.15) is 0 Å². The minimum absolute atomic E-state index is 0.722. The summed E-state index contributed by atoms with van der Waals surface area (Å²) in [5, 5.41) is 9.14. The summed E-state index contributed by atoms with van der Waals surface area (Å²) in [6.07, 6.45) is 9.21. The normalized spacial score (nSPS) is 8.46. The summed E-state index contributed by atoms with van der Waals surface area (Å²) >= 11 is 0. The maximum Gasteiger partial charge on any atom is 0.0636 e. The fourth-order valence-electron chi connectivity index (χ4n) is 0.854. The van der Waals surface area contributed by atoms with Crippen molar-refractivity contribution in [3.05, 3.63) is 12.7 Å². The lowest BCUT2D eigenvalue weighted by molar-refractivity contribution is -0.297. The molecule has 0 N–H and O–H groups in total. The Labute approximate surface area is 81.7 Å². The van der Waals surface area contributed by atoms with Gasteiger partial charge in [0.25, 0.3) is 0 Å². The smallest absolute Gasteiger partial charge is 0.0636 e. The number of carbonyl (C=O) groups is 1. The highest BCUT2D eigenvalue weighted by atomic mass is 16.4. The van der Waals surface area contributed by atoms with Crippen LogP contribution in [-0.4, -0.2) is 5.97 Å². The average molecular weight is 185 g/mol. The second kappa shape index (κ2) is 13.8. The number of unbranched alkanes of at least 4 members (excludes halogenated alkanes) is 5. The highest BCUT2D eigenvalue weighted by Gasteiger charge is 1.83. The second-order valence-corrected chi connectivity index (χ2v) is 2.94. The predicted octanol–water partition coefficient (Wildman–Crippen LogP) is 2.29. The maximum atomic E-state index is 9.14. The van der Waals surface area contributed by atoms with Crippen LogP contribution in [0.1, 0.15) is 52.4 Å². The zero-order valence-electron chi connectivity index (χ0n) is 8.84. The second-order valence-electron chi connectivity index (χ2n) is 2.94. The van der Waals surface area contributed by atoms with Crippen molar-refractivity contribution in [2.24, 2.45) is 0 Å². The molecular formula is C11H21O2-. The molecule has 13 heavy (non-hydrogen) atoms. The van der Waals surface area contributed by atoms with Gasteiger partial charge in [-0.2, -0.15) is 0 Å². The summed E-state index contributed by atoms with van der Waals surface area (Å²) in [6, 6.07) is 0. The molecule has 0 atom stereocenters. The Bertz CT molecular complexity index is 113. The fourth-order valence-corrected chi connectivity index (χ4v) is 0.854. The largest absolute Gasteiger partial charge is 0.545 e. The van der Waals surface area contributed by atoms with Crippen LogP contribution in [0.15, 0.2) is 12.7 Å². The third-order valence-electron chi connectivity index (χ3n) is 1.62. The van der Waals surface area contributed by atoms with Crippen LogP contribution in [-0.2, 0) is 4.79 Å². The molecule has 0 aromatic heterocycles. The molecule has 0 aromatic carbocycles. The van der Waals surface area contributed by atoms with E-state index in [1.54, 1.807) is 0 Å². The third-order valence-corrected chi connectivity index (χ3v) is 1.62. The van der Waals surface area contributed by atoms with E-state index in [0.717, 1.165) is 6.08 Å². The van der Waals surface area contributed by atoms with Crippen LogP contribution in [0.3, 0.4) is 0 Å². The molecule has 2 nitrogen and oxygen atoms in total. The molecule has 0 aliphatic heterocycles. The highest BCUT2D eigenvalue weighted by molar-refractivity contribution is 5.76. The standard InChI is InChI=1S/C8H18.C3H4O2/c1-3-5-7-8-6-4-2;1-2-3(4)5/h3-8H2,1-2H3;2H,1H2,(H,4,5)/p-1. The molecule has 0 unspecified atom stereocenters. The van der Waals surface area contributed by atoms with Crippen molar-refractivity contribution in [3.63, 3.8) is 0 Å². The van der Waals surface area contributed by atoms with E-state index >= 15 is 0 Å². The van der Waals surface area contributed by atoms with E-state index in [4.69, 9.17) is 9.90 Å². The Hall–Kier alpha value is -0.790. The van der Waals surface area contributed by atoms with Crippen molar-refractivity contribution in [2.45, 2.75) is 52.4 Å². The lowest BCUT2D eigenvalue weighted by atomic mass is 10.1. The summed E-state index contributed by atoms with van der Waals surface area (Å²) in [5.74, 6) is -1.23. The van der Waals surface area contributed by atoms with E-state index in [9.17, 15) is 0 Å². The number of carbonyl (C=O) groups excluding carboxylic acids is 1. The Morgan fingerprint density at radius 1 is 1.15 bits per heavy atom. The van der Waals surface area contributed by atoms with Gasteiger partial charge < -0.3 is 9.90 Å². The lowest BCUT2D eigenvalue weighted by Gasteiger charge is -1.93. The van der Waals surface area contributed by atoms with Gasteiger partial charge in [0, 0.05) is 0 Å². The van der Waals surface area contributed by atoms with Crippen LogP contribution in [0.2, 0.25) is 0 Å². The predicted molar refractivity (Wildman–Crippen MR) is 54.3 cm³/mol. The van der Waals surface area contributed by atoms with Gasteiger partial charge in [0.2, 0.25) is 0 Å². The maximum absolute atomic E-state index is 9.14. The molecule has 0 rings (SSSR count). The molecule has 0 bridgehead atoms. The Morgan fingerprint density at radius 2 is 1.46 bits per heavy atom. The molecule has 78 valence electrons. The Balaban J connectivity index is 0. The topological polar surface area (TPSA) is 40.1 Å². The monoisotopic (exact) mass is 185 g/mol. The van der Waals surface area contributed by atoms with Crippen LogP contribution in [0.4, 0.5) is 0 Å². The molecule has 0 saturated heterocycles. The van der Waals surface area contributed by atoms with Crippen LogP contribution >= 0.6 is 0 Å². The molecule has 0 aromatic rings. The SMILES string of the molecule is C=CC(=O)[O-].CCCCCCCC. The zero-order valence-corrected chi connectivity index (χ0v) is 8.84. The quantitative estimate of drug-likeness (QED) is 0.470. The van der Waals surface area contributed by atoms with Crippen molar-refractivity contribution in [1.82, 2.24) is 0 Å². The van der Waals surface area contributed by atoms with Crippen LogP contribution in [0.25, 0.3) is 0 Å². The molecular weight excluding hydrogens is 164 g/mol. The summed E-state index contributed by atoms with van der Waals surface area (Å²) in [6.45, 7) is 7.41. The average Bonchev–Trinajstić information content (AvgIpc) is 2.14. The first kappa shape index (κ1) is 14.7. The van der Waals surface area contributed by atoms with E-state index in [1.807, 2.05) is 0 Å². The minimum Gasteiger partial charge on any atom is -0.545 e. The number of hydrogen-bond donors (Lipinski definition) is 0. The van der Waals surface area contributed by atoms with Crippen molar-refractivity contribution in [1.29, 1.82) is 0 Å². The third kappa shape index (κ3) is 24.7. The van der Waals surface area contributed by atoms with Crippen LogP contribution in [0, 0.1) is 0 Å². The number of carboxylic acids is 1.